The maximum atomic E-state index is 10.8. The van der Waals surface area contributed by atoms with Gasteiger partial charge in [0.1, 0.15) is 0 Å². The van der Waals surface area contributed by atoms with Crippen LogP contribution in [-0.2, 0) is 6.54 Å². The Morgan fingerprint density at radius 1 is 1.50 bits per heavy atom. The van der Waals surface area contributed by atoms with E-state index in [0.717, 1.165) is 6.42 Å². The van der Waals surface area contributed by atoms with Gasteiger partial charge in [0.25, 0.3) is 0 Å². The van der Waals surface area contributed by atoms with Crippen LogP contribution in [0.4, 0.5) is 0 Å². The van der Waals surface area contributed by atoms with Crippen LogP contribution in [0.1, 0.15) is 43.3 Å². The first-order valence-electron chi connectivity index (χ1n) is 5.53. The zero-order valence-electron chi connectivity index (χ0n) is 9.99. The molecular formula is C12H19NO3. The van der Waals surface area contributed by atoms with Crippen LogP contribution in [0.15, 0.2) is 16.7 Å². The highest BCUT2D eigenvalue weighted by atomic mass is 16.4. The molecule has 16 heavy (non-hydrogen) atoms. The van der Waals surface area contributed by atoms with E-state index >= 15 is 0 Å². The van der Waals surface area contributed by atoms with Gasteiger partial charge in [0.05, 0.1) is 6.26 Å². The van der Waals surface area contributed by atoms with Crippen molar-refractivity contribution in [2.45, 2.75) is 39.8 Å². The van der Waals surface area contributed by atoms with Gasteiger partial charge >= 0.3 is 5.97 Å². The minimum Gasteiger partial charge on any atom is -0.475 e. The topological polar surface area (TPSA) is 62.5 Å². The molecule has 0 saturated carbocycles. The summed E-state index contributed by atoms with van der Waals surface area (Å²) in [6.07, 6.45) is 2.48. The quantitative estimate of drug-likeness (QED) is 0.780. The predicted molar refractivity (Wildman–Crippen MR) is 61.4 cm³/mol. The Bertz CT molecular complexity index is 344. The van der Waals surface area contributed by atoms with Gasteiger partial charge < -0.3 is 14.8 Å². The lowest BCUT2D eigenvalue weighted by atomic mass is 10.1. The van der Waals surface area contributed by atoms with Crippen molar-refractivity contribution in [2.75, 3.05) is 0 Å². The Morgan fingerprint density at radius 3 is 2.75 bits per heavy atom. The lowest BCUT2D eigenvalue weighted by Crippen LogP contribution is -2.27. The lowest BCUT2D eigenvalue weighted by molar-refractivity contribution is 0.0660. The third-order valence-electron chi connectivity index (χ3n) is 2.41. The third-order valence-corrected chi connectivity index (χ3v) is 2.41. The summed E-state index contributed by atoms with van der Waals surface area (Å²) < 4.78 is 4.90. The lowest BCUT2D eigenvalue weighted by Gasteiger charge is -2.15. The Labute approximate surface area is 95.7 Å². The molecule has 0 aliphatic heterocycles. The minimum atomic E-state index is -1.02. The summed E-state index contributed by atoms with van der Waals surface area (Å²) in [5.41, 5.74) is 0.697. The Hall–Kier alpha value is -1.29. The van der Waals surface area contributed by atoms with E-state index in [-0.39, 0.29) is 5.76 Å². The molecule has 1 unspecified atom stereocenters. The predicted octanol–water partition coefficient (Wildman–Crippen LogP) is 2.50. The molecule has 0 bridgehead atoms. The third kappa shape index (κ3) is 3.70. The zero-order valence-corrected chi connectivity index (χ0v) is 9.99. The van der Waals surface area contributed by atoms with Gasteiger partial charge in [-0.15, -0.1) is 0 Å². The molecule has 0 spiro atoms. The summed E-state index contributed by atoms with van der Waals surface area (Å²) >= 11 is 0. The second-order valence-corrected chi connectivity index (χ2v) is 4.49. The Kier molecular flexibility index (Phi) is 4.55. The molecule has 2 N–H and O–H groups in total. The van der Waals surface area contributed by atoms with Crippen molar-refractivity contribution in [2.24, 2.45) is 5.92 Å². The second kappa shape index (κ2) is 5.70. The van der Waals surface area contributed by atoms with Gasteiger partial charge in [-0.05, 0) is 25.3 Å². The van der Waals surface area contributed by atoms with E-state index in [1.54, 1.807) is 6.07 Å². The van der Waals surface area contributed by atoms with E-state index in [9.17, 15) is 4.79 Å². The van der Waals surface area contributed by atoms with E-state index in [0.29, 0.717) is 24.1 Å². The molecule has 0 aromatic carbocycles. The summed E-state index contributed by atoms with van der Waals surface area (Å²) in [6.45, 7) is 6.96. The fraction of sp³-hybridized carbons (Fsp3) is 0.583. The Balaban J connectivity index is 2.48. The van der Waals surface area contributed by atoms with Crippen LogP contribution < -0.4 is 5.32 Å². The molecule has 0 aliphatic rings. The van der Waals surface area contributed by atoms with Crippen LogP contribution in [0, 0.1) is 5.92 Å². The molecule has 4 nitrogen and oxygen atoms in total. The number of hydrogen-bond acceptors (Lipinski definition) is 3. The van der Waals surface area contributed by atoms with Gasteiger partial charge in [0, 0.05) is 18.2 Å². The molecule has 1 rings (SSSR count). The number of carboxylic acids is 1. The van der Waals surface area contributed by atoms with Gasteiger partial charge in [0.15, 0.2) is 0 Å². The Morgan fingerprint density at radius 2 is 2.19 bits per heavy atom. The largest absolute Gasteiger partial charge is 0.475 e. The standard InChI is InChI=1S/C12H19NO3/c1-8(2)6-9(3)13-7-10-4-5-16-11(10)12(14)15/h4-5,8-9,13H,6-7H2,1-3H3,(H,14,15). The molecule has 1 aromatic heterocycles. The van der Waals surface area contributed by atoms with Crippen LogP contribution in [0.25, 0.3) is 0 Å². The molecule has 90 valence electrons. The fourth-order valence-electron chi connectivity index (χ4n) is 1.74. The van der Waals surface area contributed by atoms with E-state index in [1.807, 2.05) is 0 Å². The molecule has 1 atom stereocenters. The van der Waals surface area contributed by atoms with E-state index in [1.165, 1.54) is 6.26 Å². The monoisotopic (exact) mass is 225 g/mol. The maximum Gasteiger partial charge on any atom is 0.372 e. The van der Waals surface area contributed by atoms with E-state index in [4.69, 9.17) is 9.52 Å². The molecule has 0 radical (unpaired) electrons. The van der Waals surface area contributed by atoms with Crippen LogP contribution >= 0.6 is 0 Å². The molecule has 4 heteroatoms. The summed E-state index contributed by atoms with van der Waals surface area (Å²) in [7, 11) is 0. The van der Waals surface area contributed by atoms with E-state index in [2.05, 4.69) is 26.1 Å². The molecule has 1 aromatic rings. The second-order valence-electron chi connectivity index (χ2n) is 4.49. The number of furan rings is 1. The van der Waals surface area contributed by atoms with Crippen molar-refractivity contribution in [1.82, 2.24) is 5.32 Å². The normalized spacial score (nSPS) is 13.0. The van der Waals surface area contributed by atoms with Gasteiger partial charge in [-0.25, -0.2) is 4.79 Å². The number of rotatable bonds is 6. The van der Waals surface area contributed by atoms with Crippen LogP contribution in [0.5, 0.6) is 0 Å². The first kappa shape index (κ1) is 12.8. The van der Waals surface area contributed by atoms with Gasteiger partial charge in [-0.2, -0.15) is 0 Å². The fourth-order valence-corrected chi connectivity index (χ4v) is 1.74. The number of aromatic carboxylic acids is 1. The average Bonchev–Trinajstić information content (AvgIpc) is 2.61. The molecular weight excluding hydrogens is 206 g/mol. The highest BCUT2D eigenvalue weighted by Gasteiger charge is 2.14. The smallest absolute Gasteiger partial charge is 0.372 e. The minimum absolute atomic E-state index is 0.0317. The van der Waals surface area contributed by atoms with Crippen molar-refractivity contribution in [3.63, 3.8) is 0 Å². The highest BCUT2D eigenvalue weighted by molar-refractivity contribution is 5.86. The first-order chi connectivity index (χ1) is 7.50. The van der Waals surface area contributed by atoms with Crippen molar-refractivity contribution in [1.29, 1.82) is 0 Å². The number of hydrogen-bond donors (Lipinski definition) is 2. The molecule has 0 aliphatic carbocycles. The number of carbonyl (C=O) groups is 1. The molecule has 0 fully saturated rings. The van der Waals surface area contributed by atoms with E-state index < -0.39 is 5.97 Å². The van der Waals surface area contributed by atoms with Crippen molar-refractivity contribution in [3.05, 3.63) is 23.7 Å². The van der Waals surface area contributed by atoms with Crippen LogP contribution in [0.2, 0.25) is 0 Å². The van der Waals surface area contributed by atoms with Gasteiger partial charge in [-0.3, -0.25) is 0 Å². The summed E-state index contributed by atoms with van der Waals surface area (Å²) in [5.74, 6) is -0.353. The summed E-state index contributed by atoms with van der Waals surface area (Å²) in [5, 5.41) is 12.1. The number of nitrogens with one attached hydrogen (secondary N) is 1. The molecule has 1 heterocycles. The highest BCUT2D eigenvalue weighted by Crippen LogP contribution is 2.11. The zero-order chi connectivity index (χ0) is 12.1. The van der Waals surface area contributed by atoms with Gasteiger partial charge in [0.2, 0.25) is 5.76 Å². The van der Waals surface area contributed by atoms with Crippen molar-refractivity contribution < 1.29 is 14.3 Å². The molecule has 0 saturated heterocycles. The maximum absolute atomic E-state index is 10.8. The number of carboxylic acid groups (broad SMARTS) is 1. The van der Waals surface area contributed by atoms with Crippen molar-refractivity contribution in [3.8, 4) is 0 Å². The van der Waals surface area contributed by atoms with Crippen LogP contribution in [-0.4, -0.2) is 17.1 Å². The van der Waals surface area contributed by atoms with Crippen LogP contribution in [0.3, 0.4) is 0 Å². The van der Waals surface area contributed by atoms with Crippen molar-refractivity contribution >= 4 is 5.97 Å². The molecule has 0 amide bonds. The average molecular weight is 225 g/mol. The SMILES string of the molecule is CC(C)CC(C)NCc1ccoc1C(=O)O. The first-order valence-corrected chi connectivity index (χ1v) is 5.53. The summed E-state index contributed by atoms with van der Waals surface area (Å²) in [4.78, 5) is 10.8. The van der Waals surface area contributed by atoms with Gasteiger partial charge in [-0.1, -0.05) is 13.8 Å². The summed E-state index contributed by atoms with van der Waals surface area (Å²) in [6, 6.07) is 2.06.